The molecule has 0 radical (unpaired) electrons. The molecule has 3 aromatic heterocycles. The number of hydrogen-bond donors (Lipinski definition) is 0. The third-order valence-corrected chi connectivity index (χ3v) is 9.91. The molecular weight excluding hydrogens is 623 g/mol. The van der Waals surface area contributed by atoms with Crippen molar-refractivity contribution in [2.24, 2.45) is 0 Å². The molecule has 0 fully saturated rings. The van der Waals surface area contributed by atoms with Gasteiger partial charge in [0.25, 0.3) is 0 Å². The minimum absolute atomic E-state index is 0. The van der Waals surface area contributed by atoms with Crippen LogP contribution in [0.15, 0.2) is 43.0 Å². The molecule has 0 saturated heterocycles. The van der Waals surface area contributed by atoms with E-state index >= 15 is 0 Å². The first-order chi connectivity index (χ1) is 22.2. The molecule has 0 spiro atoms. The van der Waals surface area contributed by atoms with Gasteiger partial charge in [-0.1, -0.05) is 99.0 Å². The molecule has 8 bridgehead atoms. The van der Waals surface area contributed by atoms with Crippen molar-refractivity contribution in [3.8, 4) is 11.1 Å². The number of hydrogen-bond acceptors (Lipinski definition) is 3. The average molecular weight is 666 g/mol. The summed E-state index contributed by atoms with van der Waals surface area (Å²) in [6, 6.07) is 12.5. The molecule has 2 aliphatic heterocycles. The minimum atomic E-state index is 0. The summed E-state index contributed by atoms with van der Waals surface area (Å²) < 4.78 is 0. The van der Waals surface area contributed by atoms with Crippen LogP contribution in [0, 0.1) is 13.8 Å². The first-order valence-electron chi connectivity index (χ1n) is 16.5. The molecule has 6 rings (SSSR count). The summed E-state index contributed by atoms with van der Waals surface area (Å²) in [5, 5.41) is 0. The van der Waals surface area contributed by atoms with Crippen molar-refractivity contribution in [2.75, 3.05) is 0 Å². The van der Waals surface area contributed by atoms with Gasteiger partial charge in [-0.25, -0.2) is 9.97 Å². The number of benzene rings is 1. The fourth-order valence-electron chi connectivity index (χ4n) is 7.45. The van der Waals surface area contributed by atoms with E-state index in [9.17, 15) is 4.79 Å². The number of nitrogens with zero attached hydrogens (tertiary/aromatic N) is 4. The van der Waals surface area contributed by atoms with E-state index in [2.05, 4.69) is 92.3 Å². The Bertz CT molecular complexity index is 2160. The van der Waals surface area contributed by atoms with E-state index < -0.39 is 0 Å². The van der Waals surface area contributed by atoms with Gasteiger partial charge in [-0.05, 0) is 92.4 Å². The molecule has 6 heteroatoms. The van der Waals surface area contributed by atoms with Crippen molar-refractivity contribution in [1.82, 2.24) is 19.9 Å². The van der Waals surface area contributed by atoms with Crippen molar-refractivity contribution < 1.29 is 21.3 Å². The zero-order valence-electron chi connectivity index (χ0n) is 28.7. The molecule has 5 nitrogen and oxygen atoms in total. The maximum atomic E-state index is 13.1. The largest absolute Gasteiger partial charge is 2.00 e. The summed E-state index contributed by atoms with van der Waals surface area (Å²) in [4.78, 5) is 34.4. The minimum Gasteiger partial charge on any atom is -0.657 e. The Kier molecular flexibility index (Phi) is 9.75. The number of fused-ring (bicyclic) bond motifs is 8. The van der Waals surface area contributed by atoms with Gasteiger partial charge < -0.3 is 9.97 Å². The number of aromatic nitrogens is 4. The smallest absolute Gasteiger partial charge is 0.657 e. The van der Waals surface area contributed by atoms with Crippen LogP contribution >= 0.6 is 0 Å². The second kappa shape index (κ2) is 13.5. The third-order valence-electron chi connectivity index (χ3n) is 9.91. The predicted molar refractivity (Wildman–Crippen MR) is 194 cm³/mol. The van der Waals surface area contributed by atoms with E-state index in [-0.39, 0.29) is 16.5 Å². The van der Waals surface area contributed by atoms with Crippen LogP contribution in [0.2, 0.25) is 0 Å². The van der Waals surface area contributed by atoms with Crippen molar-refractivity contribution in [3.63, 3.8) is 0 Å². The van der Waals surface area contributed by atoms with Gasteiger partial charge in [0.2, 0.25) is 0 Å². The van der Waals surface area contributed by atoms with Crippen molar-refractivity contribution in [2.45, 2.75) is 81.1 Å². The summed E-state index contributed by atoms with van der Waals surface area (Å²) in [7, 11) is 0. The Morgan fingerprint density at radius 3 is 1.91 bits per heavy atom. The van der Waals surface area contributed by atoms with Crippen molar-refractivity contribution in [1.29, 1.82) is 0 Å². The van der Waals surface area contributed by atoms with E-state index in [1.54, 1.807) is 0 Å². The van der Waals surface area contributed by atoms with Gasteiger partial charge in [-0.15, -0.1) is 22.1 Å². The van der Waals surface area contributed by atoms with E-state index in [0.717, 1.165) is 116 Å². The summed E-state index contributed by atoms with van der Waals surface area (Å²) in [5.74, 6) is 0. The standard InChI is InChI=1S/C41H43N4O.Ni/c1-10-27-23(7)37-35(26-18-16-15-17-19-26)38-25(9)30(13-4)41(45-38)32(21-46)36-24(8)29(12-3)40(44-36)31(14-5)39-28(11-2)22(6)33(42-39)20-34(27)43-37;/h14-21H,5,10-13H2,1-4,6-9H3,(H-,42,43,44,45,46);/q-1;+2/p-1. The zero-order valence-corrected chi connectivity index (χ0v) is 29.7. The second-order valence-electron chi connectivity index (χ2n) is 12.2. The molecule has 47 heavy (non-hydrogen) atoms. The van der Waals surface area contributed by atoms with Gasteiger partial charge in [0.1, 0.15) is 0 Å². The van der Waals surface area contributed by atoms with Crippen LogP contribution < -0.4 is 9.97 Å². The maximum absolute atomic E-state index is 13.1. The summed E-state index contributed by atoms with van der Waals surface area (Å²) in [5.41, 5.74) is 19.1. The molecule has 4 aromatic rings. The predicted octanol–water partition coefficient (Wildman–Crippen LogP) is 10.1. The average Bonchev–Trinajstić information content (AvgIpc) is 3.76. The molecule has 0 saturated carbocycles. The van der Waals surface area contributed by atoms with Crippen molar-refractivity contribution in [3.05, 3.63) is 99.1 Å². The Labute approximate surface area is 288 Å². The molecule has 1 aromatic carbocycles. The van der Waals surface area contributed by atoms with Crippen LogP contribution in [0.25, 0.3) is 61.6 Å². The van der Waals surface area contributed by atoms with E-state index in [0.29, 0.717) is 16.8 Å². The zero-order chi connectivity index (χ0) is 32.9. The number of allylic oxidation sites excluding steroid dienone is 4. The maximum Gasteiger partial charge on any atom is 2.00 e. The van der Waals surface area contributed by atoms with Crippen LogP contribution in [0.3, 0.4) is 0 Å². The van der Waals surface area contributed by atoms with Gasteiger partial charge in [-0.2, -0.15) is 0 Å². The fraction of sp³-hybridized carbons (Fsp3) is 0.293. The van der Waals surface area contributed by atoms with Gasteiger partial charge >= 0.3 is 16.5 Å². The van der Waals surface area contributed by atoms with Crippen LogP contribution in [0.4, 0.5) is 0 Å². The van der Waals surface area contributed by atoms with Gasteiger partial charge in [0.15, 0.2) is 6.29 Å². The van der Waals surface area contributed by atoms with Crippen LogP contribution in [0.1, 0.15) is 115 Å². The first kappa shape index (κ1) is 34.1. The molecule has 0 N–H and O–H groups in total. The van der Waals surface area contributed by atoms with E-state index in [4.69, 9.17) is 19.9 Å². The molecule has 0 atom stereocenters. The number of carbonyl (C=O) groups is 1. The van der Waals surface area contributed by atoms with E-state index in [1.165, 1.54) is 11.1 Å². The number of carbonyl (C=O) groups excluding carboxylic acids is 1. The summed E-state index contributed by atoms with van der Waals surface area (Å²) in [6.45, 7) is 21.4. The molecule has 0 aliphatic carbocycles. The van der Waals surface area contributed by atoms with Gasteiger partial charge in [0, 0.05) is 5.56 Å². The van der Waals surface area contributed by atoms with Crippen LogP contribution in [-0.2, 0) is 29.3 Å². The Morgan fingerprint density at radius 2 is 1.32 bits per heavy atom. The van der Waals surface area contributed by atoms with E-state index in [1.807, 2.05) is 12.1 Å². The molecule has 2 aliphatic rings. The SMILES string of the molecule is C=Cc1c2nc(c(C=O)c3[n-]c(c(C)c3CC)c(-c3ccccc3)c3nc(cc4[n-]c1c(CC)c4C)C(CC)=C3C)C(C)=C2CC.[Ni+2]. The molecular formula is C41H42N4NiO. The van der Waals surface area contributed by atoms with Gasteiger partial charge in [-0.3, -0.25) is 4.79 Å². The normalized spacial score (nSPS) is 12.9. The number of rotatable bonds is 7. The monoisotopic (exact) mass is 664 g/mol. The Balaban J connectivity index is 0.00000433. The number of aldehydes is 1. The number of aryl methyl sites for hydroxylation is 4. The summed E-state index contributed by atoms with van der Waals surface area (Å²) >= 11 is 0. The summed E-state index contributed by atoms with van der Waals surface area (Å²) in [6.07, 6.45) is 5.98. The topological polar surface area (TPSA) is 71.1 Å². The molecule has 0 amide bonds. The second-order valence-corrected chi connectivity index (χ2v) is 12.2. The Hall–Kier alpha value is -4.28. The Morgan fingerprint density at radius 1 is 0.702 bits per heavy atom. The van der Waals surface area contributed by atoms with Crippen LogP contribution in [0.5, 0.6) is 0 Å². The first-order valence-corrected chi connectivity index (χ1v) is 16.5. The van der Waals surface area contributed by atoms with Crippen LogP contribution in [-0.4, -0.2) is 16.3 Å². The van der Waals surface area contributed by atoms with Gasteiger partial charge in [0.05, 0.1) is 22.8 Å². The molecule has 5 heterocycles. The fourth-order valence-corrected chi connectivity index (χ4v) is 7.45. The molecule has 242 valence electrons. The van der Waals surface area contributed by atoms with Crippen molar-refractivity contribution >= 4 is 56.7 Å². The molecule has 0 unspecified atom stereocenters. The third kappa shape index (κ3) is 5.27. The quantitative estimate of drug-likeness (QED) is 0.145.